The van der Waals surface area contributed by atoms with Crippen LogP contribution in [0.1, 0.15) is 224 Å². The van der Waals surface area contributed by atoms with E-state index in [1.165, 1.54) is 120 Å². The van der Waals surface area contributed by atoms with Crippen LogP contribution in [-0.4, -0.2) is 17.1 Å². The highest BCUT2D eigenvalue weighted by molar-refractivity contribution is 7.67. The highest BCUT2D eigenvalue weighted by atomic mass is 31.1. The smallest absolute Gasteiger partial charge is 0.134 e. The van der Waals surface area contributed by atoms with Gasteiger partial charge >= 0.3 is 0 Å². The van der Waals surface area contributed by atoms with Crippen LogP contribution in [0.5, 0.6) is 0 Å². The van der Waals surface area contributed by atoms with Crippen molar-refractivity contribution < 1.29 is 4.79 Å². The van der Waals surface area contributed by atoms with Gasteiger partial charge in [0, 0.05) is 24.7 Å². The predicted molar refractivity (Wildman–Crippen MR) is 272 cm³/mol. The minimum absolute atomic E-state index is 0.0672. The van der Waals surface area contributed by atoms with Crippen molar-refractivity contribution in [3.8, 4) is 0 Å². The summed E-state index contributed by atoms with van der Waals surface area (Å²) < 4.78 is 0. The second-order valence-corrected chi connectivity index (χ2v) is 23.7. The number of Topliss-reactive ketones (excluding diaryl/α,β-unsaturated/α-hetero) is 1. The Hall–Kier alpha value is -3.80. The van der Waals surface area contributed by atoms with Gasteiger partial charge in [-0.25, -0.2) is 0 Å². The molecule has 0 radical (unpaired) electrons. The van der Waals surface area contributed by atoms with E-state index in [1.807, 2.05) is 0 Å². The molecule has 5 aromatic rings. The van der Waals surface area contributed by atoms with Crippen molar-refractivity contribution in [2.75, 3.05) is 0 Å². The van der Waals surface area contributed by atoms with Gasteiger partial charge in [-0.05, 0) is 133 Å². The molecule has 3 aliphatic rings. The lowest BCUT2D eigenvalue weighted by Crippen LogP contribution is -2.42. The van der Waals surface area contributed by atoms with Crippen LogP contribution in [0.2, 0.25) is 0 Å². The predicted octanol–water partition coefficient (Wildman–Crippen LogP) is 16.9. The van der Waals surface area contributed by atoms with Gasteiger partial charge in [-0.1, -0.05) is 217 Å². The van der Waals surface area contributed by atoms with E-state index in [0.717, 1.165) is 12.8 Å². The van der Waals surface area contributed by atoms with Crippen molar-refractivity contribution in [3.63, 3.8) is 0 Å². The van der Waals surface area contributed by atoms with Crippen LogP contribution in [0.15, 0.2) is 115 Å². The van der Waals surface area contributed by atoms with E-state index in [-0.39, 0.29) is 11.8 Å². The molecule has 332 valence electrons. The highest BCUT2D eigenvalue weighted by Crippen LogP contribution is 2.63. The molecule has 0 amide bonds. The molecule has 3 fully saturated rings. The van der Waals surface area contributed by atoms with Gasteiger partial charge in [0.1, 0.15) is 5.78 Å². The second-order valence-electron chi connectivity index (χ2n) is 21.1. The molecule has 1 heterocycles. The van der Waals surface area contributed by atoms with Crippen LogP contribution in [0.3, 0.4) is 0 Å². The van der Waals surface area contributed by atoms with Crippen molar-refractivity contribution in [1.29, 1.82) is 0 Å². The van der Waals surface area contributed by atoms with Crippen molar-refractivity contribution >= 4 is 19.0 Å². The first kappa shape index (κ1) is 45.8. The van der Waals surface area contributed by atoms with Crippen molar-refractivity contribution in [2.45, 2.75) is 179 Å². The summed E-state index contributed by atoms with van der Waals surface area (Å²) in [6.45, 7) is 19.2. The minimum atomic E-state index is -0.755. The number of rotatable bonds is 13. The molecule has 0 N–H and O–H groups in total. The third-order valence-electron chi connectivity index (χ3n) is 15.6. The molecule has 2 aliphatic carbocycles. The fraction of sp³-hybridized carbons (Fsp3) is 0.492. The van der Waals surface area contributed by atoms with Gasteiger partial charge in [-0.2, -0.15) is 0 Å². The Labute approximate surface area is 384 Å². The molecule has 1 saturated heterocycles. The maximum atomic E-state index is 14.6. The standard InChI is InChI=1S/C61H77OP/c1-40(2)49-32-21-33-50(41(3)4)59(49)57(46-28-17-11-18-29-46)53-36-23-37-54(58(47-30-19-12-20-31-47)60-51(42(5)6)34-22-35-52(60)43(7)8)61(53)63-55(44-24-13-9-14-25-44)38-48(62)39-56(63)45-26-15-10-16-27-45/h11-12,17-23,28-37,40-45,55-58H,9-10,13-16,24-27,38-39H2,1-8H3. The molecule has 4 unspecified atom stereocenters. The molecule has 8 rings (SSSR count). The number of hydrogen-bond donors (Lipinski definition) is 0. The summed E-state index contributed by atoms with van der Waals surface area (Å²) in [6.07, 6.45) is 14.5. The number of benzene rings is 5. The van der Waals surface area contributed by atoms with Crippen LogP contribution in [-0.2, 0) is 4.79 Å². The highest BCUT2D eigenvalue weighted by Gasteiger charge is 2.47. The summed E-state index contributed by atoms with van der Waals surface area (Å²) in [5.74, 6) is 3.41. The molecule has 1 nitrogen and oxygen atoms in total. The first-order valence-electron chi connectivity index (χ1n) is 25.3. The van der Waals surface area contributed by atoms with Gasteiger partial charge in [0.2, 0.25) is 0 Å². The second kappa shape index (κ2) is 20.6. The number of hydrogen-bond acceptors (Lipinski definition) is 1. The first-order chi connectivity index (χ1) is 30.5. The zero-order chi connectivity index (χ0) is 44.2. The Morgan fingerprint density at radius 1 is 0.397 bits per heavy atom. The summed E-state index contributed by atoms with van der Waals surface area (Å²) in [6, 6.07) is 45.2. The third-order valence-corrected chi connectivity index (χ3v) is 19.3. The Kier molecular flexibility index (Phi) is 14.9. The van der Waals surface area contributed by atoms with Crippen LogP contribution in [0.25, 0.3) is 0 Å². The molecule has 63 heavy (non-hydrogen) atoms. The maximum Gasteiger partial charge on any atom is 0.134 e. The summed E-state index contributed by atoms with van der Waals surface area (Å²) in [4.78, 5) is 14.6. The Balaban J connectivity index is 1.55. The molecular formula is C61H77OP. The van der Waals surface area contributed by atoms with E-state index < -0.39 is 7.92 Å². The summed E-state index contributed by atoms with van der Waals surface area (Å²) in [7, 11) is -0.755. The maximum absolute atomic E-state index is 14.6. The lowest BCUT2D eigenvalue weighted by atomic mass is 9.73. The van der Waals surface area contributed by atoms with Gasteiger partial charge in [0.15, 0.2) is 0 Å². The van der Waals surface area contributed by atoms with E-state index in [0.29, 0.717) is 52.6 Å². The fourth-order valence-electron chi connectivity index (χ4n) is 12.7. The largest absolute Gasteiger partial charge is 0.300 e. The average molecular weight is 857 g/mol. The topological polar surface area (TPSA) is 17.1 Å². The van der Waals surface area contributed by atoms with E-state index in [4.69, 9.17) is 0 Å². The Morgan fingerprint density at radius 3 is 1.03 bits per heavy atom. The van der Waals surface area contributed by atoms with Gasteiger partial charge < -0.3 is 0 Å². The van der Waals surface area contributed by atoms with Crippen molar-refractivity contribution in [3.05, 3.63) is 171 Å². The zero-order valence-electron chi connectivity index (χ0n) is 40.1. The summed E-state index contributed by atoms with van der Waals surface area (Å²) in [5, 5.41) is 1.66. The minimum Gasteiger partial charge on any atom is -0.300 e. The molecule has 1 aliphatic heterocycles. The van der Waals surface area contributed by atoms with E-state index in [1.54, 1.807) is 5.30 Å². The van der Waals surface area contributed by atoms with E-state index in [2.05, 4.69) is 171 Å². The van der Waals surface area contributed by atoms with Gasteiger partial charge in [0.25, 0.3) is 0 Å². The summed E-state index contributed by atoms with van der Waals surface area (Å²) >= 11 is 0. The lowest BCUT2D eigenvalue weighted by Gasteiger charge is -2.49. The van der Waals surface area contributed by atoms with Gasteiger partial charge in [-0.15, -0.1) is 0 Å². The molecule has 0 spiro atoms. The molecule has 5 aromatic carbocycles. The van der Waals surface area contributed by atoms with E-state index >= 15 is 0 Å². The number of ketones is 1. The third kappa shape index (κ3) is 9.62. The Bertz CT molecular complexity index is 2060. The summed E-state index contributed by atoms with van der Waals surface area (Å²) in [5.41, 5.74) is 15.5. The lowest BCUT2D eigenvalue weighted by molar-refractivity contribution is -0.120. The zero-order valence-corrected chi connectivity index (χ0v) is 41.0. The monoisotopic (exact) mass is 857 g/mol. The normalized spacial score (nSPS) is 21.4. The SMILES string of the molecule is CC(C)c1cccc(C(C)C)c1C(c1ccccc1)c1cccc(C(c2ccccc2)c2c(C(C)C)cccc2C(C)C)c1P1C(C2CCCCC2)CC(=O)CC1C1CCCCC1. The van der Waals surface area contributed by atoms with E-state index in [9.17, 15) is 4.79 Å². The Morgan fingerprint density at radius 2 is 0.714 bits per heavy atom. The van der Waals surface area contributed by atoms with Crippen LogP contribution < -0.4 is 5.30 Å². The number of carbonyl (C=O) groups is 1. The molecule has 0 aromatic heterocycles. The molecule has 4 atom stereocenters. The molecule has 2 saturated carbocycles. The van der Waals surface area contributed by atoms with Crippen LogP contribution in [0, 0.1) is 11.8 Å². The average Bonchev–Trinajstić information content (AvgIpc) is 3.30. The first-order valence-corrected chi connectivity index (χ1v) is 26.8. The van der Waals surface area contributed by atoms with Crippen LogP contribution >= 0.6 is 7.92 Å². The van der Waals surface area contributed by atoms with Crippen molar-refractivity contribution in [1.82, 2.24) is 0 Å². The van der Waals surface area contributed by atoms with Crippen LogP contribution in [0.4, 0.5) is 0 Å². The molecule has 0 bridgehead atoms. The fourth-order valence-corrected chi connectivity index (χ4v) is 17.1. The molecule has 2 heteroatoms. The quantitative estimate of drug-likeness (QED) is 0.0852. The van der Waals surface area contributed by atoms with Gasteiger partial charge in [0.05, 0.1) is 0 Å². The van der Waals surface area contributed by atoms with Gasteiger partial charge in [-0.3, -0.25) is 4.79 Å². The van der Waals surface area contributed by atoms with Crippen molar-refractivity contribution in [2.24, 2.45) is 11.8 Å². The number of carbonyl (C=O) groups excluding carboxylic acids is 1. The molecular weight excluding hydrogens is 780 g/mol.